The number of aliphatic imine (C=N–C) groups is 1. The molecular weight excluding hydrogens is 320 g/mol. The van der Waals surface area contributed by atoms with Gasteiger partial charge in [-0.15, -0.1) is 0 Å². The fourth-order valence-corrected chi connectivity index (χ4v) is 3.23. The molecule has 24 heavy (non-hydrogen) atoms. The van der Waals surface area contributed by atoms with Crippen LogP contribution in [-0.2, 0) is 4.79 Å². The van der Waals surface area contributed by atoms with Gasteiger partial charge in [-0.1, -0.05) is 30.3 Å². The summed E-state index contributed by atoms with van der Waals surface area (Å²) in [7, 11) is 1.75. The number of ether oxygens (including phenoxy) is 1. The van der Waals surface area contributed by atoms with Crippen LogP contribution in [0.15, 0.2) is 64.5 Å². The average molecular weight is 338 g/mol. The fraction of sp³-hybridized carbons (Fsp3) is 0.158. The number of benzene rings is 2. The lowest BCUT2D eigenvalue weighted by Gasteiger charge is -2.06. The highest BCUT2D eigenvalue weighted by molar-refractivity contribution is 8.18. The Morgan fingerprint density at radius 1 is 1.12 bits per heavy atom. The zero-order chi connectivity index (χ0) is 16.9. The van der Waals surface area contributed by atoms with E-state index in [0.29, 0.717) is 16.7 Å². The number of carbonyl (C=O) groups excluding carboxylic acids is 1. The first kappa shape index (κ1) is 16.3. The molecule has 1 aliphatic rings. The predicted octanol–water partition coefficient (Wildman–Crippen LogP) is 4.32. The van der Waals surface area contributed by atoms with Gasteiger partial charge in [0.15, 0.2) is 5.17 Å². The van der Waals surface area contributed by atoms with Crippen LogP contribution in [0.25, 0.3) is 6.08 Å². The summed E-state index contributed by atoms with van der Waals surface area (Å²) in [4.78, 5) is 19.2. The van der Waals surface area contributed by atoms with Gasteiger partial charge in [0.05, 0.1) is 17.2 Å². The maximum Gasteiger partial charge on any atom is 0.266 e. The number of nitrogens with zero attached hydrogens (tertiary/aromatic N) is 2. The summed E-state index contributed by atoms with van der Waals surface area (Å²) in [5.41, 5.74) is 1.80. The Bertz CT molecular complexity index is 783. The highest BCUT2D eigenvalue weighted by Gasteiger charge is 2.30. The van der Waals surface area contributed by atoms with E-state index >= 15 is 0 Å². The Morgan fingerprint density at radius 2 is 1.83 bits per heavy atom. The van der Waals surface area contributed by atoms with Crippen LogP contribution >= 0.6 is 11.8 Å². The standard InChI is InChI=1S/C19H18N2O2S/c1-3-23-16-11-9-14(10-12-16)13-17-18(22)21(2)19(24-17)20-15-7-5-4-6-8-15/h4-13H,3H2,1-2H3/b17-13-,20-19-. The third-order valence-corrected chi connectivity index (χ3v) is 4.53. The Balaban J connectivity index is 1.82. The summed E-state index contributed by atoms with van der Waals surface area (Å²) < 4.78 is 5.43. The molecule has 0 aliphatic carbocycles. The van der Waals surface area contributed by atoms with Crippen LogP contribution in [0, 0.1) is 0 Å². The van der Waals surface area contributed by atoms with Crippen LogP contribution in [0.4, 0.5) is 5.69 Å². The minimum atomic E-state index is -0.0384. The van der Waals surface area contributed by atoms with Crippen molar-refractivity contribution < 1.29 is 9.53 Å². The number of rotatable bonds is 4. The summed E-state index contributed by atoms with van der Waals surface area (Å²) in [6.07, 6.45) is 1.88. The Hall–Kier alpha value is -2.53. The lowest BCUT2D eigenvalue weighted by Crippen LogP contribution is -2.23. The first-order valence-corrected chi connectivity index (χ1v) is 8.53. The van der Waals surface area contributed by atoms with Gasteiger partial charge in [-0.05, 0) is 54.6 Å². The van der Waals surface area contributed by atoms with Crippen molar-refractivity contribution in [2.24, 2.45) is 4.99 Å². The minimum Gasteiger partial charge on any atom is -0.494 e. The number of carbonyl (C=O) groups is 1. The predicted molar refractivity (Wildman–Crippen MR) is 99.5 cm³/mol. The molecule has 0 saturated carbocycles. The molecule has 1 amide bonds. The second-order valence-electron chi connectivity index (χ2n) is 5.21. The summed E-state index contributed by atoms with van der Waals surface area (Å²) in [5, 5.41) is 0.684. The van der Waals surface area contributed by atoms with Crippen molar-refractivity contribution in [3.05, 3.63) is 65.1 Å². The first-order chi connectivity index (χ1) is 11.7. The molecule has 0 unspecified atom stereocenters. The normalized spacial score (nSPS) is 17.8. The van der Waals surface area contributed by atoms with Crippen LogP contribution in [0.2, 0.25) is 0 Å². The lowest BCUT2D eigenvalue weighted by atomic mass is 10.2. The van der Waals surface area contributed by atoms with Crippen molar-refractivity contribution in [2.45, 2.75) is 6.92 Å². The largest absolute Gasteiger partial charge is 0.494 e. The van der Waals surface area contributed by atoms with E-state index in [2.05, 4.69) is 4.99 Å². The van der Waals surface area contributed by atoms with Gasteiger partial charge in [-0.3, -0.25) is 9.69 Å². The second-order valence-corrected chi connectivity index (χ2v) is 6.22. The van der Waals surface area contributed by atoms with Crippen molar-refractivity contribution in [3.63, 3.8) is 0 Å². The molecule has 0 N–H and O–H groups in total. The zero-order valence-electron chi connectivity index (χ0n) is 13.6. The molecule has 0 radical (unpaired) electrons. The topological polar surface area (TPSA) is 41.9 Å². The molecule has 1 saturated heterocycles. The van der Waals surface area contributed by atoms with E-state index in [-0.39, 0.29) is 5.91 Å². The molecule has 2 aromatic carbocycles. The smallest absolute Gasteiger partial charge is 0.266 e. The van der Waals surface area contributed by atoms with E-state index in [9.17, 15) is 4.79 Å². The van der Waals surface area contributed by atoms with Gasteiger partial charge in [-0.2, -0.15) is 0 Å². The summed E-state index contributed by atoms with van der Waals surface area (Å²) in [6.45, 7) is 2.59. The summed E-state index contributed by atoms with van der Waals surface area (Å²) >= 11 is 1.39. The molecule has 0 atom stereocenters. The average Bonchev–Trinajstić information content (AvgIpc) is 2.86. The monoisotopic (exact) mass is 338 g/mol. The number of hydrogen-bond donors (Lipinski definition) is 0. The highest BCUT2D eigenvalue weighted by Crippen LogP contribution is 2.33. The van der Waals surface area contributed by atoms with E-state index < -0.39 is 0 Å². The van der Waals surface area contributed by atoms with Crippen molar-refractivity contribution in [2.75, 3.05) is 13.7 Å². The number of likely N-dealkylation sites (N-methyl/N-ethyl adjacent to an activating group) is 1. The molecule has 122 valence electrons. The van der Waals surface area contributed by atoms with Crippen LogP contribution < -0.4 is 4.74 Å². The third-order valence-electron chi connectivity index (χ3n) is 3.47. The molecule has 0 aromatic heterocycles. The number of hydrogen-bond acceptors (Lipinski definition) is 4. The van der Waals surface area contributed by atoms with E-state index in [1.54, 1.807) is 11.9 Å². The van der Waals surface area contributed by atoms with Crippen LogP contribution in [0.5, 0.6) is 5.75 Å². The Labute approximate surface area is 145 Å². The van der Waals surface area contributed by atoms with Crippen LogP contribution in [0.1, 0.15) is 12.5 Å². The first-order valence-electron chi connectivity index (χ1n) is 7.71. The minimum absolute atomic E-state index is 0.0384. The van der Waals surface area contributed by atoms with Crippen LogP contribution in [0.3, 0.4) is 0 Å². The van der Waals surface area contributed by atoms with Crippen molar-refractivity contribution in [1.29, 1.82) is 0 Å². The third kappa shape index (κ3) is 3.68. The lowest BCUT2D eigenvalue weighted by molar-refractivity contribution is -0.121. The maximum atomic E-state index is 12.4. The molecule has 1 heterocycles. The summed E-state index contributed by atoms with van der Waals surface area (Å²) in [6, 6.07) is 17.3. The molecular formula is C19H18N2O2S. The zero-order valence-corrected chi connectivity index (χ0v) is 14.4. The van der Waals surface area contributed by atoms with Gasteiger partial charge < -0.3 is 4.74 Å². The van der Waals surface area contributed by atoms with E-state index in [1.807, 2.05) is 67.6 Å². The Kier molecular flexibility index (Phi) is 5.01. The molecule has 1 aliphatic heterocycles. The van der Waals surface area contributed by atoms with E-state index in [4.69, 9.17) is 4.74 Å². The number of amides is 1. The van der Waals surface area contributed by atoms with Gasteiger partial charge in [0, 0.05) is 7.05 Å². The van der Waals surface area contributed by atoms with Gasteiger partial charge in [0.25, 0.3) is 5.91 Å². The summed E-state index contributed by atoms with van der Waals surface area (Å²) in [5.74, 6) is 0.789. The van der Waals surface area contributed by atoms with Crippen molar-refractivity contribution >= 4 is 34.6 Å². The van der Waals surface area contributed by atoms with Crippen molar-refractivity contribution in [3.8, 4) is 5.75 Å². The second kappa shape index (κ2) is 7.36. The van der Waals surface area contributed by atoms with Gasteiger partial charge in [-0.25, -0.2) is 4.99 Å². The molecule has 1 fully saturated rings. The van der Waals surface area contributed by atoms with Gasteiger partial charge >= 0.3 is 0 Å². The molecule has 3 rings (SSSR count). The molecule has 4 nitrogen and oxygen atoms in total. The van der Waals surface area contributed by atoms with Gasteiger partial charge in [0.2, 0.25) is 0 Å². The van der Waals surface area contributed by atoms with E-state index in [1.165, 1.54) is 11.8 Å². The molecule has 5 heteroatoms. The molecule has 0 bridgehead atoms. The Morgan fingerprint density at radius 3 is 2.50 bits per heavy atom. The van der Waals surface area contributed by atoms with Crippen LogP contribution in [-0.4, -0.2) is 29.6 Å². The van der Waals surface area contributed by atoms with Crippen molar-refractivity contribution in [1.82, 2.24) is 4.90 Å². The molecule has 2 aromatic rings. The molecule has 0 spiro atoms. The fourth-order valence-electron chi connectivity index (χ4n) is 2.24. The number of para-hydroxylation sites is 1. The quantitative estimate of drug-likeness (QED) is 0.780. The van der Waals surface area contributed by atoms with E-state index in [0.717, 1.165) is 17.0 Å². The highest BCUT2D eigenvalue weighted by atomic mass is 32.2. The number of amidine groups is 1. The maximum absolute atomic E-state index is 12.4. The SMILES string of the molecule is CCOc1ccc(/C=C2\S/C(=N\c3ccccc3)N(C)C2=O)cc1. The number of thioether (sulfide) groups is 1. The van der Waals surface area contributed by atoms with Gasteiger partial charge in [0.1, 0.15) is 5.75 Å².